The smallest absolute Gasteiger partial charge is 0.396 e. The van der Waals surface area contributed by atoms with Gasteiger partial charge in [-0.3, -0.25) is 4.79 Å². The molecule has 0 radical (unpaired) electrons. The molecule has 0 fully saturated rings. The molecule has 1 amide bonds. The molecule has 0 aliphatic heterocycles. The fraction of sp³-hybridized carbons (Fsp3) is 0.125. The standard InChI is InChI=1S/C8H6F2N2O3/c1-15-8(14)7(13)11-4-2-3-5(9)12-6(4)10/h2-3H,1H3,(H,11,13). The van der Waals surface area contributed by atoms with Gasteiger partial charge in [0.2, 0.25) is 11.9 Å². The summed E-state index contributed by atoms with van der Waals surface area (Å²) in [5, 5.41) is 1.87. The molecule has 0 saturated carbocycles. The molecule has 0 unspecified atom stereocenters. The maximum Gasteiger partial charge on any atom is 0.396 e. The number of aromatic nitrogens is 1. The number of pyridine rings is 1. The molecule has 1 aromatic rings. The van der Waals surface area contributed by atoms with Crippen molar-refractivity contribution >= 4 is 17.6 Å². The molecule has 0 spiro atoms. The molecule has 5 nitrogen and oxygen atoms in total. The minimum Gasteiger partial charge on any atom is -0.462 e. The molecule has 1 aromatic heterocycles. The second-order valence-electron chi connectivity index (χ2n) is 2.42. The van der Waals surface area contributed by atoms with Gasteiger partial charge in [-0.1, -0.05) is 0 Å². The number of anilines is 1. The van der Waals surface area contributed by atoms with Crippen LogP contribution in [0.1, 0.15) is 0 Å². The summed E-state index contributed by atoms with van der Waals surface area (Å²) < 4.78 is 29.3. The van der Waals surface area contributed by atoms with Crippen molar-refractivity contribution in [2.24, 2.45) is 0 Å². The third kappa shape index (κ3) is 2.70. The first-order valence-corrected chi connectivity index (χ1v) is 3.76. The molecule has 1 rings (SSSR count). The van der Waals surface area contributed by atoms with Crippen LogP contribution in [0, 0.1) is 11.9 Å². The maximum absolute atomic E-state index is 12.9. The number of ether oxygens (including phenoxy) is 1. The van der Waals surface area contributed by atoms with Crippen LogP contribution < -0.4 is 5.32 Å². The lowest BCUT2D eigenvalue weighted by Gasteiger charge is -2.03. The second-order valence-corrected chi connectivity index (χ2v) is 2.42. The zero-order valence-electron chi connectivity index (χ0n) is 7.58. The monoisotopic (exact) mass is 216 g/mol. The number of amides is 1. The van der Waals surface area contributed by atoms with Gasteiger partial charge in [0, 0.05) is 0 Å². The Balaban J connectivity index is 2.81. The van der Waals surface area contributed by atoms with Gasteiger partial charge in [-0.2, -0.15) is 13.8 Å². The highest BCUT2D eigenvalue weighted by Crippen LogP contribution is 2.11. The van der Waals surface area contributed by atoms with Crippen LogP contribution in [0.4, 0.5) is 14.5 Å². The first-order chi connectivity index (χ1) is 7.04. The molecule has 7 heteroatoms. The Morgan fingerprint density at radius 3 is 2.60 bits per heavy atom. The minimum absolute atomic E-state index is 0.396. The molecular formula is C8H6F2N2O3. The number of hydrogen-bond donors (Lipinski definition) is 1. The van der Waals surface area contributed by atoms with E-state index in [2.05, 4.69) is 9.72 Å². The van der Waals surface area contributed by atoms with E-state index in [-0.39, 0.29) is 0 Å². The van der Waals surface area contributed by atoms with Crippen molar-refractivity contribution in [1.29, 1.82) is 0 Å². The van der Waals surface area contributed by atoms with Crippen LogP contribution in [0.2, 0.25) is 0 Å². The van der Waals surface area contributed by atoms with E-state index in [0.717, 1.165) is 19.2 Å². The lowest BCUT2D eigenvalue weighted by atomic mass is 10.4. The SMILES string of the molecule is COC(=O)C(=O)Nc1ccc(F)nc1F. The molecule has 0 bridgehead atoms. The van der Waals surface area contributed by atoms with Gasteiger partial charge < -0.3 is 10.1 Å². The van der Waals surface area contributed by atoms with Crippen molar-refractivity contribution in [2.45, 2.75) is 0 Å². The fourth-order valence-electron chi connectivity index (χ4n) is 0.771. The van der Waals surface area contributed by atoms with Crippen LogP contribution in [0.3, 0.4) is 0 Å². The molecular weight excluding hydrogens is 210 g/mol. The fourth-order valence-corrected chi connectivity index (χ4v) is 0.771. The van der Waals surface area contributed by atoms with Crippen molar-refractivity contribution < 1.29 is 23.1 Å². The largest absolute Gasteiger partial charge is 0.462 e. The number of carbonyl (C=O) groups excluding carboxylic acids is 2. The van der Waals surface area contributed by atoms with Crippen LogP contribution in [-0.4, -0.2) is 24.0 Å². The summed E-state index contributed by atoms with van der Waals surface area (Å²) in [6.45, 7) is 0. The Morgan fingerprint density at radius 1 is 1.40 bits per heavy atom. The van der Waals surface area contributed by atoms with Gasteiger partial charge in [0.25, 0.3) is 0 Å². The van der Waals surface area contributed by atoms with Gasteiger partial charge >= 0.3 is 11.9 Å². The Labute approximate surface area is 83.1 Å². The highest BCUT2D eigenvalue weighted by Gasteiger charge is 2.16. The molecule has 80 valence electrons. The lowest BCUT2D eigenvalue weighted by Crippen LogP contribution is -2.24. The van der Waals surface area contributed by atoms with Crippen LogP contribution in [0.15, 0.2) is 12.1 Å². The van der Waals surface area contributed by atoms with Gasteiger partial charge in [0.1, 0.15) is 0 Å². The zero-order chi connectivity index (χ0) is 11.4. The third-order valence-electron chi connectivity index (χ3n) is 1.43. The number of halogens is 2. The van der Waals surface area contributed by atoms with Crippen molar-refractivity contribution in [3.8, 4) is 0 Å². The number of nitrogens with one attached hydrogen (secondary N) is 1. The summed E-state index contributed by atoms with van der Waals surface area (Å²) in [6, 6.07) is 1.79. The maximum atomic E-state index is 12.9. The van der Waals surface area contributed by atoms with E-state index in [0.29, 0.717) is 0 Å². The second kappa shape index (κ2) is 4.45. The number of nitrogens with zero attached hydrogens (tertiary/aromatic N) is 1. The molecule has 0 aliphatic rings. The summed E-state index contributed by atoms with van der Waals surface area (Å²) in [6.07, 6.45) is 0. The van der Waals surface area contributed by atoms with Crippen LogP contribution in [-0.2, 0) is 14.3 Å². The summed E-state index contributed by atoms with van der Waals surface area (Å²) in [5.41, 5.74) is -0.396. The van der Waals surface area contributed by atoms with E-state index < -0.39 is 29.5 Å². The number of esters is 1. The van der Waals surface area contributed by atoms with Crippen LogP contribution in [0.5, 0.6) is 0 Å². The number of carbonyl (C=O) groups is 2. The van der Waals surface area contributed by atoms with E-state index in [1.165, 1.54) is 0 Å². The highest BCUT2D eigenvalue weighted by molar-refractivity contribution is 6.37. The highest BCUT2D eigenvalue weighted by atomic mass is 19.1. The average molecular weight is 216 g/mol. The van der Waals surface area contributed by atoms with E-state index in [1.54, 1.807) is 0 Å². The summed E-state index contributed by atoms with van der Waals surface area (Å²) in [5.74, 6) is -4.58. The molecule has 1 N–H and O–H groups in total. The van der Waals surface area contributed by atoms with E-state index in [4.69, 9.17) is 0 Å². The van der Waals surface area contributed by atoms with Gasteiger partial charge in [-0.15, -0.1) is 0 Å². The van der Waals surface area contributed by atoms with Gasteiger partial charge in [0.05, 0.1) is 12.8 Å². The Kier molecular flexibility index (Phi) is 3.27. The first kappa shape index (κ1) is 11.0. The quantitative estimate of drug-likeness (QED) is 0.421. The van der Waals surface area contributed by atoms with Crippen molar-refractivity contribution in [2.75, 3.05) is 12.4 Å². The molecule has 0 saturated heterocycles. The molecule has 0 atom stereocenters. The normalized spacial score (nSPS) is 9.53. The number of rotatable bonds is 1. The van der Waals surface area contributed by atoms with E-state index >= 15 is 0 Å². The molecule has 0 aliphatic carbocycles. The van der Waals surface area contributed by atoms with Crippen molar-refractivity contribution in [1.82, 2.24) is 4.98 Å². The van der Waals surface area contributed by atoms with E-state index in [9.17, 15) is 18.4 Å². The topological polar surface area (TPSA) is 68.3 Å². The predicted molar refractivity (Wildman–Crippen MR) is 44.8 cm³/mol. The third-order valence-corrected chi connectivity index (χ3v) is 1.43. The van der Waals surface area contributed by atoms with E-state index in [1.807, 2.05) is 5.32 Å². The van der Waals surface area contributed by atoms with Gasteiger partial charge in [-0.25, -0.2) is 4.79 Å². The predicted octanol–water partition coefficient (Wildman–Crippen LogP) is 0.471. The lowest BCUT2D eigenvalue weighted by molar-refractivity contribution is -0.150. The summed E-state index contributed by atoms with van der Waals surface area (Å²) >= 11 is 0. The van der Waals surface area contributed by atoms with Crippen LogP contribution in [0.25, 0.3) is 0 Å². The minimum atomic E-state index is -1.22. The van der Waals surface area contributed by atoms with Gasteiger partial charge in [0.15, 0.2) is 0 Å². The Hall–Kier alpha value is -2.05. The first-order valence-electron chi connectivity index (χ1n) is 3.76. The number of methoxy groups -OCH3 is 1. The average Bonchev–Trinajstić information content (AvgIpc) is 2.20. The molecule has 1 heterocycles. The Morgan fingerprint density at radius 2 is 2.07 bits per heavy atom. The Bertz CT molecular complexity index is 409. The van der Waals surface area contributed by atoms with Crippen LogP contribution >= 0.6 is 0 Å². The summed E-state index contributed by atoms with van der Waals surface area (Å²) in [4.78, 5) is 24.4. The number of hydrogen-bond acceptors (Lipinski definition) is 4. The molecule has 15 heavy (non-hydrogen) atoms. The van der Waals surface area contributed by atoms with Crippen molar-refractivity contribution in [3.63, 3.8) is 0 Å². The van der Waals surface area contributed by atoms with Gasteiger partial charge in [-0.05, 0) is 12.1 Å². The zero-order valence-corrected chi connectivity index (χ0v) is 7.58. The molecule has 0 aromatic carbocycles. The summed E-state index contributed by atoms with van der Waals surface area (Å²) in [7, 11) is 1.00. The van der Waals surface area contributed by atoms with Crippen molar-refractivity contribution in [3.05, 3.63) is 24.0 Å².